The van der Waals surface area contributed by atoms with Crippen molar-refractivity contribution in [1.29, 1.82) is 0 Å². The van der Waals surface area contributed by atoms with E-state index in [-0.39, 0.29) is 30.4 Å². The van der Waals surface area contributed by atoms with Crippen LogP contribution in [0, 0.1) is 5.92 Å². The van der Waals surface area contributed by atoms with Gasteiger partial charge in [0.2, 0.25) is 15.9 Å². The maximum atomic E-state index is 12.0. The highest BCUT2D eigenvalue weighted by atomic mass is 32.2. The average molecular weight is 320 g/mol. The number of amides is 1. The van der Waals surface area contributed by atoms with E-state index in [1.807, 2.05) is 6.92 Å². The first kappa shape index (κ1) is 17.9. The summed E-state index contributed by atoms with van der Waals surface area (Å²) < 4.78 is 25.3. The summed E-state index contributed by atoms with van der Waals surface area (Å²) >= 11 is 0. The van der Waals surface area contributed by atoms with Gasteiger partial charge in [-0.2, -0.15) is 4.31 Å². The molecule has 8 heteroatoms. The van der Waals surface area contributed by atoms with Crippen molar-refractivity contribution in [3.05, 3.63) is 0 Å². The van der Waals surface area contributed by atoms with Crippen molar-refractivity contribution in [3.63, 3.8) is 0 Å². The highest BCUT2D eigenvalue weighted by Gasteiger charge is 2.28. The number of aliphatic carboxylic acids is 1. The number of carbonyl (C=O) groups is 2. The minimum atomic E-state index is -3.20. The number of carboxylic acid groups (broad SMARTS) is 1. The van der Waals surface area contributed by atoms with Gasteiger partial charge in [-0.1, -0.05) is 13.8 Å². The number of hydrogen-bond acceptors (Lipinski definition) is 4. The molecule has 0 bridgehead atoms. The molecule has 7 nitrogen and oxygen atoms in total. The van der Waals surface area contributed by atoms with E-state index in [1.54, 1.807) is 11.8 Å². The molecule has 21 heavy (non-hydrogen) atoms. The molecule has 1 amide bonds. The van der Waals surface area contributed by atoms with Crippen LogP contribution in [-0.4, -0.2) is 66.5 Å². The Morgan fingerprint density at radius 3 is 2.19 bits per heavy atom. The normalized spacial score (nSPS) is 18.5. The number of piperazine rings is 1. The van der Waals surface area contributed by atoms with Gasteiger partial charge < -0.3 is 10.0 Å². The van der Waals surface area contributed by atoms with Gasteiger partial charge in [-0.05, 0) is 12.3 Å². The number of nitrogens with zero attached hydrogens (tertiary/aromatic N) is 2. The predicted octanol–water partition coefficient (Wildman–Crippen LogP) is 0.371. The Kier molecular flexibility index (Phi) is 6.60. The average Bonchev–Trinajstić information content (AvgIpc) is 2.37. The van der Waals surface area contributed by atoms with Crippen LogP contribution in [-0.2, 0) is 19.6 Å². The van der Waals surface area contributed by atoms with Gasteiger partial charge in [-0.3, -0.25) is 9.59 Å². The third-order valence-corrected chi connectivity index (χ3v) is 5.57. The Hall–Kier alpha value is -1.15. The third-order valence-electron chi connectivity index (χ3n) is 3.49. The van der Waals surface area contributed by atoms with Crippen molar-refractivity contribution in [3.8, 4) is 0 Å². The van der Waals surface area contributed by atoms with Crippen LogP contribution in [0.1, 0.15) is 33.1 Å². The summed E-state index contributed by atoms with van der Waals surface area (Å²) in [5, 5.41) is 8.68. The second kappa shape index (κ2) is 7.74. The molecule has 1 heterocycles. The monoisotopic (exact) mass is 320 g/mol. The Balaban J connectivity index is 2.45. The second-order valence-electron chi connectivity index (χ2n) is 5.50. The van der Waals surface area contributed by atoms with Crippen LogP contribution in [0.25, 0.3) is 0 Å². The quantitative estimate of drug-likeness (QED) is 0.731. The summed E-state index contributed by atoms with van der Waals surface area (Å²) in [7, 11) is -3.20. The van der Waals surface area contributed by atoms with Crippen molar-refractivity contribution < 1.29 is 23.1 Å². The van der Waals surface area contributed by atoms with E-state index in [4.69, 9.17) is 5.11 Å². The fraction of sp³-hybridized carbons (Fsp3) is 0.846. The minimum Gasteiger partial charge on any atom is -0.481 e. The van der Waals surface area contributed by atoms with Crippen molar-refractivity contribution >= 4 is 21.9 Å². The number of hydrogen-bond donors (Lipinski definition) is 1. The highest BCUT2D eigenvalue weighted by molar-refractivity contribution is 7.89. The fourth-order valence-electron chi connectivity index (χ4n) is 2.40. The molecule has 0 spiro atoms. The summed E-state index contributed by atoms with van der Waals surface area (Å²) in [6.07, 6.45) is 0.735. The number of rotatable bonds is 7. The number of carboxylic acids is 1. The molecule has 1 unspecified atom stereocenters. The van der Waals surface area contributed by atoms with Crippen LogP contribution in [0.2, 0.25) is 0 Å². The van der Waals surface area contributed by atoms with Crippen molar-refractivity contribution in [2.45, 2.75) is 33.1 Å². The molecule has 122 valence electrons. The number of carbonyl (C=O) groups excluding carboxylic acids is 1. The first-order chi connectivity index (χ1) is 9.76. The maximum absolute atomic E-state index is 12.0. The van der Waals surface area contributed by atoms with Gasteiger partial charge in [0.1, 0.15) is 0 Å². The lowest BCUT2D eigenvalue weighted by molar-refractivity contribution is -0.138. The van der Waals surface area contributed by atoms with Crippen molar-refractivity contribution in [2.24, 2.45) is 5.92 Å². The predicted molar refractivity (Wildman–Crippen MR) is 78.3 cm³/mol. The zero-order chi connectivity index (χ0) is 16.0. The Bertz CT molecular complexity index is 469. The zero-order valence-electron chi connectivity index (χ0n) is 12.6. The van der Waals surface area contributed by atoms with Gasteiger partial charge in [0.25, 0.3) is 0 Å². The SMILES string of the molecule is CCCS(=O)(=O)N1CCN(C(=O)CC(C)CC(=O)O)CC1. The first-order valence-electron chi connectivity index (χ1n) is 7.23. The minimum absolute atomic E-state index is 0.0312. The van der Waals surface area contributed by atoms with Crippen molar-refractivity contribution in [2.75, 3.05) is 31.9 Å². The molecule has 1 aliphatic heterocycles. The van der Waals surface area contributed by atoms with E-state index in [1.165, 1.54) is 4.31 Å². The molecule has 0 radical (unpaired) electrons. The lowest BCUT2D eigenvalue weighted by Crippen LogP contribution is -2.51. The molecule has 0 aromatic rings. The Morgan fingerprint density at radius 2 is 1.71 bits per heavy atom. The Labute approximate surface area is 126 Å². The lowest BCUT2D eigenvalue weighted by Gasteiger charge is -2.34. The second-order valence-corrected chi connectivity index (χ2v) is 7.59. The maximum Gasteiger partial charge on any atom is 0.303 e. The standard InChI is InChI=1S/C13H24N2O5S/c1-3-8-21(19,20)15-6-4-14(5-7-15)12(16)9-11(2)10-13(17)18/h11H,3-10H2,1-2H3,(H,17,18). The first-order valence-corrected chi connectivity index (χ1v) is 8.84. The molecule has 1 saturated heterocycles. The van der Waals surface area contributed by atoms with Crippen LogP contribution < -0.4 is 0 Å². The highest BCUT2D eigenvalue weighted by Crippen LogP contribution is 2.14. The number of sulfonamides is 1. The van der Waals surface area contributed by atoms with Gasteiger partial charge in [-0.15, -0.1) is 0 Å². The topological polar surface area (TPSA) is 95.0 Å². The largest absolute Gasteiger partial charge is 0.481 e. The van der Waals surface area contributed by atoms with Gasteiger partial charge >= 0.3 is 5.97 Å². The van der Waals surface area contributed by atoms with Gasteiger partial charge in [0, 0.05) is 39.0 Å². The fourth-order valence-corrected chi connectivity index (χ4v) is 3.89. The molecule has 1 atom stereocenters. The van der Waals surface area contributed by atoms with Crippen LogP contribution in [0.4, 0.5) is 0 Å². The summed E-state index contributed by atoms with van der Waals surface area (Å²) in [5.41, 5.74) is 0. The van der Waals surface area contributed by atoms with Crippen LogP contribution >= 0.6 is 0 Å². The molecular weight excluding hydrogens is 296 g/mol. The smallest absolute Gasteiger partial charge is 0.303 e. The third kappa shape index (κ3) is 5.62. The molecule has 1 aliphatic rings. The zero-order valence-corrected chi connectivity index (χ0v) is 13.4. The summed E-state index contributed by atoms with van der Waals surface area (Å²) in [6, 6.07) is 0. The molecule has 0 saturated carbocycles. The van der Waals surface area contributed by atoms with Crippen LogP contribution in [0.15, 0.2) is 0 Å². The van der Waals surface area contributed by atoms with E-state index in [0.717, 1.165) is 0 Å². The molecule has 1 fully saturated rings. The van der Waals surface area contributed by atoms with Crippen molar-refractivity contribution in [1.82, 2.24) is 9.21 Å². The molecule has 1 rings (SSSR count). The summed E-state index contributed by atoms with van der Waals surface area (Å²) in [5.74, 6) is -1.09. The van der Waals surface area contributed by atoms with E-state index >= 15 is 0 Å². The van der Waals surface area contributed by atoms with E-state index < -0.39 is 16.0 Å². The van der Waals surface area contributed by atoms with Crippen LogP contribution in [0.5, 0.6) is 0 Å². The van der Waals surface area contributed by atoms with E-state index in [0.29, 0.717) is 32.6 Å². The van der Waals surface area contributed by atoms with Gasteiger partial charge in [0.15, 0.2) is 0 Å². The molecule has 0 aromatic carbocycles. The molecular formula is C13H24N2O5S. The lowest BCUT2D eigenvalue weighted by atomic mass is 10.0. The molecule has 0 aromatic heterocycles. The molecule has 1 N–H and O–H groups in total. The van der Waals surface area contributed by atoms with Gasteiger partial charge in [-0.25, -0.2) is 8.42 Å². The summed E-state index contributed by atoms with van der Waals surface area (Å²) in [6.45, 7) is 4.95. The van der Waals surface area contributed by atoms with Crippen LogP contribution in [0.3, 0.4) is 0 Å². The van der Waals surface area contributed by atoms with E-state index in [2.05, 4.69) is 0 Å². The van der Waals surface area contributed by atoms with E-state index in [9.17, 15) is 18.0 Å². The molecule has 0 aliphatic carbocycles. The Morgan fingerprint density at radius 1 is 1.14 bits per heavy atom. The summed E-state index contributed by atoms with van der Waals surface area (Å²) in [4.78, 5) is 24.2. The van der Waals surface area contributed by atoms with Gasteiger partial charge in [0.05, 0.1) is 5.75 Å².